The van der Waals surface area contributed by atoms with Crippen LogP contribution in [0, 0.1) is 6.92 Å². The summed E-state index contributed by atoms with van der Waals surface area (Å²) in [4.78, 5) is 28.3. The van der Waals surface area contributed by atoms with E-state index >= 15 is 0 Å². The van der Waals surface area contributed by atoms with Gasteiger partial charge in [0.15, 0.2) is 0 Å². The number of fused-ring (bicyclic) bond motifs is 1. The van der Waals surface area contributed by atoms with Crippen molar-refractivity contribution in [3.8, 4) is 0 Å². The molecule has 2 aromatic rings. The molecule has 0 atom stereocenters. The van der Waals surface area contributed by atoms with Crippen molar-refractivity contribution in [2.45, 2.75) is 46.1 Å². The number of nitrogens with zero attached hydrogens (tertiary/aromatic N) is 2. The maximum Gasteiger partial charge on any atom is 0.374 e. The predicted octanol–water partition coefficient (Wildman–Crippen LogP) is 3.02. The third-order valence-electron chi connectivity index (χ3n) is 4.07. The van der Waals surface area contributed by atoms with Crippen LogP contribution in [0.25, 0.3) is 0 Å². The maximum absolute atomic E-state index is 12.2. The smallest absolute Gasteiger partial charge is 0.374 e. The summed E-state index contributed by atoms with van der Waals surface area (Å²) in [5.41, 5.74) is 5.17. The molecule has 3 rings (SSSR count). The monoisotopic (exact) mass is 355 g/mol. The Kier molecular flexibility index (Phi) is 5.16. The molecule has 7 nitrogen and oxygen atoms in total. The molecule has 1 amide bonds. The Morgan fingerprint density at radius 3 is 2.85 bits per heavy atom. The number of hydrazone groups is 1. The lowest BCUT2D eigenvalue weighted by atomic mass is 9.93. The molecule has 0 bridgehead atoms. The first-order valence-corrected chi connectivity index (χ1v) is 8.58. The summed E-state index contributed by atoms with van der Waals surface area (Å²) in [7, 11) is 0. The number of aryl methyl sites for hydroxylation is 1. The molecule has 2 aromatic heterocycles. The number of esters is 1. The largest absolute Gasteiger partial charge is 0.457 e. The van der Waals surface area contributed by atoms with E-state index in [0.29, 0.717) is 29.0 Å². The van der Waals surface area contributed by atoms with Crippen LogP contribution in [0.1, 0.15) is 64.5 Å². The highest BCUT2D eigenvalue weighted by molar-refractivity contribution is 6.06. The summed E-state index contributed by atoms with van der Waals surface area (Å²) < 4.78 is 11.0. The molecule has 7 heteroatoms. The van der Waals surface area contributed by atoms with Gasteiger partial charge in [-0.1, -0.05) is 0 Å². The summed E-state index contributed by atoms with van der Waals surface area (Å²) in [6.07, 6.45) is 5.10. The molecule has 0 saturated heterocycles. The lowest BCUT2D eigenvalue weighted by Gasteiger charge is -2.13. The van der Waals surface area contributed by atoms with E-state index in [2.05, 4.69) is 15.5 Å². The number of pyridine rings is 1. The van der Waals surface area contributed by atoms with Gasteiger partial charge in [-0.2, -0.15) is 5.10 Å². The number of nitrogens with one attached hydrogen (secondary N) is 1. The first kappa shape index (κ1) is 17.8. The number of carbonyl (C=O) groups is 2. The predicted molar refractivity (Wildman–Crippen MR) is 95.2 cm³/mol. The zero-order chi connectivity index (χ0) is 18.7. The van der Waals surface area contributed by atoms with Gasteiger partial charge in [0.2, 0.25) is 5.76 Å². The number of carbonyl (C=O) groups excluding carboxylic acids is 2. The fraction of sp³-hybridized carbons (Fsp3) is 0.368. The fourth-order valence-electron chi connectivity index (χ4n) is 2.92. The second kappa shape index (κ2) is 7.51. The van der Waals surface area contributed by atoms with E-state index in [1.54, 1.807) is 32.2 Å². The van der Waals surface area contributed by atoms with Gasteiger partial charge in [0.1, 0.15) is 5.76 Å². The highest BCUT2D eigenvalue weighted by Gasteiger charge is 2.29. The Bertz CT molecular complexity index is 853. The Hall–Kier alpha value is -2.96. The van der Waals surface area contributed by atoms with Crippen molar-refractivity contribution in [1.29, 1.82) is 0 Å². The molecular formula is C19H21N3O4. The van der Waals surface area contributed by atoms with Crippen molar-refractivity contribution >= 4 is 17.6 Å². The zero-order valence-electron chi connectivity index (χ0n) is 15.0. The molecule has 2 heterocycles. The van der Waals surface area contributed by atoms with Gasteiger partial charge in [0.05, 0.1) is 17.4 Å². The minimum absolute atomic E-state index is 0.205. The highest BCUT2D eigenvalue weighted by atomic mass is 16.6. The first-order valence-electron chi connectivity index (χ1n) is 8.58. The molecule has 0 saturated carbocycles. The molecule has 26 heavy (non-hydrogen) atoms. The maximum atomic E-state index is 12.2. The molecule has 1 aliphatic rings. The van der Waals surface area contributed by atoms with Crippen LogP contribution in [0.3, 0.4) is 0 Å². The Balaban J connectivity index is 1.85. The summed E-state index contributed by atoms with van der Waals surface area (Å²) in [6, 6.07) is 3.35. The van der Waals surface area contributed by atoms with Crippen LogP contribution in [-0.2, 0) is 11.2 Å². The normalized spacial score (nSPS) is 15.0. The first-order chi connectivity index (χ1) is 12.5. The van der Waals surface area contributed by atoms with Crippen LogP contribution in [-0.4, -0.2) is 28.7 Å². The van der Waals surface area contributed by atoms with Crippen LogP contribution < -0.4 is 5.43 Å². The van der Waals surface area contributed by atoms with E-state index in [-0.39, 0.29) is 17.8 Å². The number of hydrogen-bond donors (Lipinski definition) is 1. The van der Waals surface area contributed by atoms with Crippen LogP contribution >= 0.6 is 0 Å². The Morgan fingerprint density at radius 2 is 2.15 bits per heavy atom. The van der Waals surface area contributed by atoms with Gasteiger partial charge in [-0.25, -0.2) is 10.2 Å². The third kappa shape index (κ3) is 3.66. The van der Waals surface area contributed by atoms with Gasteiger partial charge < -0.3 is 9.15 Å². The summed E-state index contributed by atoms with van der Waals surface area (Å²) in [5, 5.41) is 4.27. The van der Waals surface area contributed by atoms with E-state index in [9.17, 15) is 9.59 Å². The average molecular weight is 355 g/mol. The van der Waals surface area contributed by atoms with Crippen molar-refractivity contribution in [2.75, 3.05) is 0 Å². The minimum atomic E-state index is -0.481. The number of aromatic nitrogens is 1. The van der Waals surface area contributed by atoms with Gasteiger partial charge >= 0.3 is 5.97 Å². The fourth-order valence-corrected chi connectivity index (χ4v) is 2.92. The number of hydrogen-bond acceptors (Lipinski definition) is 6. The Labute approximate surface area is 151 Å². The van der Waals surface area contributed by atoms with Gasteiger partial charge in [0, 0.05) is 29.9 Å². The van der Waals surface area contributed by atoms with Crippen molar-refractivity contribution in [3.63, 3.8) is 0 Å². The zero-order valence-corrected chi connectivity index (χ0v) is 15.0. The quantitative estimate of drug-likeness (QED) is 0.672. The number of ether oxygens (including phenoxy) is 1. The lowest BCUT2D eigenvalue weighted by Crippen LogP contribution is -2.22. The highest BCUT2D eigenvalue weighted by Crippen LogP contribution is 2.30. The second-order valence-corrected chi connectivity index (χ2v) is 6.40. The molecule has 1 N–H and O–H groups in total. The van der Waals surface area contributed by atoms with Gasteiger partial charge in [-0.3, -0.25) is 9.78 Å². The molecule has 0 radical (unpaired) electrons. The Morgan fingerprint density at radius 1 is 1.35 bits per heavy atom. The molecule has 0 aromatic carbocycles. The van der Waals surface area contributed by atoms with E-state index in [1.165, 1.54) is 6.20 Å². The van der Waals surface area contributed by atoms with Gasteiger partial charge in [-0.05, 0) is 45.7 Å². The van der Waals surface area contributed by atoms with Crippen LogP contribution in [0.4, 0.5) is 0 Å². The topological polar surface area (TPSA) is 93.8 Å². The molecule has 0 fully saturated rings. The molecular weight excluding hydrogens is 334 g/mol. The van der Waals surface area contributed by atoms with Crippen LogP contribution in [0.15, 0.2) is 34.0 Å². The number of rotatable bonds is 4. The van der Waals surface area contributed by atoms with Crippen LogP contribution in [0.2, 0.25) is 0 Å². The van der Waals surface area contributed by atoms with E-state index in [4.69, 9.17) is 9.15 Å². The van der Waals surface area contributed by atoms with Crippen molar-refractivity contribution in [3.05, 3.63) is 52.7 Å². The average Bonchev–Trinajstić information content (AvgIpc) is 2.97. The van der Waals surface area contributed by atoms with E-state index in [0.717, 1.165) is 18.4 Å². The van der Waals surface area contributed by atoms with Gasteiger partial charge in [-0.15, -0.1) is 0 Å². The van der Waals surface area contributed by atoms with Crippen molar-refractivity contribution in [1.82, 2.24) is 10.4 Å². The van der Waals surface area contributed by atoms with Crippen LogP contribution in [0.5, 0.6) is 0 Å². The SMILES string of the molecule is Cc1c(C(=O)OC(C)C)oc2c1/C(=N/NC(=O)c1cccnc1)CCC2. The van der Waals surface area contributed by atoms with Gasteiger partial charge in [0.25, 0.3) is 5.91 Å². The third-order valence-corrected chi connectivity index (χ3v) is 4.07. The van der Waals surface area contributed by atoms with E-state index in [1.807, 2.05) is 6.92 Å². The molecule has 1 aliphatic carbocycles. The number of amides is 1. The number of furan rings is 1. The summed E-state index contributed by atoms with van der Waals surface area (Å²) in [6.45, 7) is 5.39. The molecule has 0 aliphatic heterocycles. The molecule has 0 unspecified atom stereocenters. The standard InChI is InChI=1S/C19H21N3O4/c1-11(2)25-19(24)17-12(3)16-14(7-4-8-15(16)26-17)21-22-18(23)13-6-5-9-20-10-13/h5-6,9-11H,4,7-8H2,1-3H3,(H,22,23)/b21-14+. The second-order valence-electron chi connectivity index (χ2n) is 6.40. The minimum Gasteiger partial charge on any atom is -0.457 e. The van der Waals surface area contributed by atoms with Crippen molar-refractivity contribution in [2.24, 2.45) is 5.10 Å². The summed E-state index contributed by atoms with van der Waals surface area (Å²) >= 11 is 0. The molecule has 0 spiro atoms. The summed E-state index contributed by atoms with van der Waals surface area (Å²) in [5.74, 6) is 0.0969. The molecule has 136 valence electrons. The van der Waals surface area contributed by atoms with Crippen molar-refractivity contribution < 1.29 is 18.7 Å². The lowest BCUT2D eigenvalue weighted by molar-refractivity contribution is 0.0338. The van der Waals surface area contributed by atoms with E-state index < -0.39 is 5.97 Å².